The van der Waals surface area contributed by atoms with Crippen LogP contribution in [-0.4, -0.2) is 69.3 Å². The van der Waals surface area contributed by atoms with Crippen molar-refractivity contribution in [2.24, 2.45) is 11.7 Å². The smallest absolute Gasteiger partial charge is 0.407 e. The van der Waals surface area contributed by atoms with E-state index in [1.165, 1.54) is 0 Å². The number of hydrogen-bond donors (Lipinski definition) is 3. The van der Waals surface area contributed by atoms with Crippen LogP contribution in [0.4, 0.5) is 4.79 Å². The number of hydrogen-bond acceptors (Lipinski definition) is 7. The molecule has 1 aliphatic carbocycles. The zero-order valence-electron chi connectivity index (χ0n) is 21.1. The fourth-order valence-corrected chi connectivity index (χ4v) is 3.03. The summed E-state index contributed by atoms with van der Waals surface area (Å²) in [6, 6.07) is -2.06. The highest BCUT2D eigenvalue weighted by Crippen LogP contribution is 2.16. The summed E-state index contributed by atoms with van der Waals surface area (Å²) < 4.78 is 15.1. The number of carbonyl (C=O) groups excluding carboxylic acids is 4. The molecule has 1 rings (SSSR count). The second kappa shape index (κ2) is 18.7. The van der Waals surface area contributed by atoms with Crippen LogP contribution in [0.15, 0.2) is 23.8 Å². The van der Waals surface area contributed by atoms with Gasteiger partial charge in [0.15, 0.2) is 0 Å². The van der Waals surface area contributed by atoms with E-state index in [0.717, 1.165) is 18.4 Å². The highest BCUT2D eigenvalue weighted by atomic mass is 16.6. The molecule has 10 heteroatoms. The van der Waals surface area contributed by atoms with Crippen molar-refractivity contribution in [3.05, 3.63) is 23.8 Å². The molecule has 0 aliphatic heterocycles. The number of allylic oxidation sites excluding steroid dienone is 3. The lowest BCUT2D eigenvalue weighted by Crippen LogP contribution is -2.54. The van der Waals surface area contributed by atoms with Gasteiger partial charge in [-0.15, -0.1) is 0 Å². The first-order chi connectivity index (χ1) is 16.2. The Morgan fingerprint density at radius 2 is 1.68 bits per heavy atom. The maximum absolute atomic E-state index is 12.9. The normalized spacial score (nSPS) is 14.2. The number of nitrogens with two attached hydrogens (primary N) is 1. The van der Waals surface area contributed by atoms with Crippen molar-refractivity contribution in [3.63, 3.8) is 0 Å². The molecule has 10 nitrogen and oxygen atoms in total. The van der Waals surface area contributed by atoms with Gasteiger partial charge in [0, 0.05) is 7.11 Å². The van der Waals surface area contributed by atoms with Gasteiger partial charge in [-0.3, -0.25) is 14.4 Å². The van der Waals surface area contributed by atoms with E-state index < -0.39 is 35.8 Å². The van der Waals surface area contributed by atoms with E-state index in [1.54, 1.807) is 7.11 Å². The zero-order chi connectivity index (χ0) is 25.9. The monoisotopic (exact) mass is 483 g/mol. The summed E-state index contributed by atoms with van der Waals surface area (Å²) >= 11 is 0. The Labute approximate surface area is 202 Å². The topological polar surface area (TPSA) is 146 Å². The number of nitrogens with one attached hydrogen (secondary N) is 2. The summed E-state index contributed by atoms with van der Waals surface area (Å²) in [7, 11) is 1.55. The number of rotatable bonds is 15. The maximum atomic E-state index is 12.9. The minimum atomic E-state index is -1.13. The Bertz CT molecular complexity index is 705. The number of methoxy groups -OCH3 is 1. The molecule has 0 radical (unpaired) electrons. The van der Waals surface area contributed by atoms with Gasteiger partial charge in [0.2, 0.25) is 11.7 Å². The molecule has 0 heterocycles. The predicted octanol–water partition coefficient (Wildman–Crippen LogP) is 2.02. The van der Waals surface area contributed by atoms with Crippen molar-refractivity contribution in [2.75, 3.05) is 33.5 Å². The summed E-state index contributed by atoms with van der Waals surface area (Å²) in [6.07, 6.45) is 7.14. The molecule has 1 aliphatic rings. The molecule has 2 unspecified atom stereocenters. The molecule has 0 aromatic rings. The van der Waals surface area contributed by atoms with E-state index in [4.69, 9.17) is 19.9 Å². The lowest BCUT2D eigenvalue weighted by Gasteiger charge is -2.24. The van der Waals surface area contributed by atoms with Crippen LogP contribution in [0.3, 0.4) is 0 Å². The first-order valence-corrected chi connectivity index (χ1v) is 11.7. The molecular weight excluding hydrogens is 442 g/mol. The van der Waals surface area contributed by atoms with Gasteiger partial charge < -0.3 is 30.6 Å². The Balaban J connectivity index is 0.00000529. The Kier molecular flexibility index (Phi) is 17.2. The number of amides is 3. The highest BCUT2D eigenvalue weighted by molar-refractivity contribution is 6.38. The van der Waals surface area contributed by atoms with Crippen LogP contribution in [0.2, 0.25) is 0 Å². The molecule has 34 heavy (non-hydrogen) atoms. The van der Waals surface area contributed by atoms with E-state index in [0.29, 0.717) is 19.6 Å². The molecule has 0 fully saturated rings. The molecule has 4 N–H and O–H groups in total. The summed E-state index contributed by atoms with van der Waals surface area (Å²) in [5.41, 5.74) is 6.00. The summed E-state index contributed by atoms with van der Waals surface area (Å²) in [5, 5.41) is 5.09. The molecule has 0 aromatic carbocycles. The Morgan fingerprint density at radius 3 is 2.24 bits per heavy atom. The number of carbonyl (C=O) groups is 4. The number of Topliss-reactive ketones (excluding diaryl/α,β-unsaturated/α-hetero) is 1. The minimum Gasteiger partial charge on any atom is -0.447 e. The molecule has 0 spiro atoms. The quantitative estimate of drug-likeness (QED) is 0.238. The fourth-order valence-electron chi connectivity index (χ4n) is 3.03. The summed E-state index contributed by atoms with van der Waals surface area (Å²) in [6.45, 7) is 8.78. The average molecular weight is 484 g/mol. The standard InChI is InChI=1S/C22H35N3O7.C2H6/c1-15(2)13-18(25-22(29)32-12-11-31-10-9-30-3)21(28)24-17(19(26)20(23)27)14-16-7-5-4-6-8-16;1-2/h5,7-8,15,17-18H,4,6,9-14H2,1-3H3,(H2,23,27)(H,24,28)(H,25,29);1-2H3. The predicted molar refractivity (Wildman–Crippen MR) is 129 cm³/mol. The van der Waals surface area contributed by atoms with Gasteiger partial charge in [-0.2, -0.15) is 0 Å². The van der Waals surface area contributed by atoms with E-state index >= 15 is 0 Å². The molecule has 194 valence electrons. The van der Waals surface area contributed by atoms with Crippen molar-refractivity contribution in [2.45, 2.75) is 65.5 Å². The van der Waals surface area contributed by atoms with E-state index in [2.05, 4.69) is 10.6 Å². The lowest BCUT2D eigenvalue weighted by molar-refractivity contribution is -0.138. The molecule has 2 atom stereocenters. The van der Waals surface area contributed by atoms with Crippen LogP contribution >= 0.6 is 0 Å². The van der Waals surface area contributed by atoms with Crippen molar-refractivity contribution in [3.8, 4) is 0 Å². The zero-order valence-corrected chi connectivity index (χ0v) is 21.1. The number of ketones is 1. The molecule has 0 saturated carbocycles. The van der Waals surface area contributed by atoms with Crippen molar-refractivity contribution < 1.29 is 33.4 Å². The molecular formula is C24H41N3O7. The Morgan fingerprint density at radius 1 is 1.00 bits per heavy atom. The average Bonchev–Trinajstić information content (AvgIpc) is 2.81. The van der Waals surface area contributed by atoms with Gasteiger partial charge in [0.25, 0.3) is 5.91 Å². The van der Waals surface area contributed by atoms with Gasteiger partial charge in [0.05, 0.1) is 19.8 Å². The van der Waals surface area contributed by atoms with Gasteiger partial charge in [-0.05, 0) is 37.2 Å². The number of alkyl carbamates (subject to hydrolysis) is 1. The van der Waals surface area contributed by atoms with Crippen molar-refractivity contribution in [1.82, 2.24) is 10.6 Å². The maximum Gasteiger partial charge on any atom is 0.407 e. The number of ether oxygens (including phenoxy) is 3. The second-order valence-electron chi connectivity index (χ2n) is 7.82. The first-order valence-electron chi connectivity index (χ1n) is 11.7. The molecule has 0 saturated heterocycles. The summed E-state index contributed by atoms with van der Waals surface area (Å²) in [4.78, 5) is 48.8. The third-order valence-electron chi connectivity index (χ3n) is 4.60. The van der Waals surface area contributed by atoms with E-state index in [-0.39, 0.29) is 25.6 Å². The van der Waals surface area contributed by atoms with Crippen LogP contribution in [0.5, 0.6) is 0 Å². The van der Waals surface area contributed by atoms with E-state index in [1.807, 2.05) is 45.9 Å². The molecule has 3 amide bonds. The van der Waals surface area contributed by atoms with Crippen LogP contribution in [0, 0.1) is 5.92 Å². The molecule has 0 aromatic heterocycles. The minimum absolute atomic E-state index is 0.00877. The Hall–Kier alpha value is -2.72. The highest BCUT2D eigenvalue weighted by Gasteiger charge is 2.30. The number of primary amides is 1. The van der Waals surface area contributed by atoms with Crippen molar-refractivity contribution >= 4 is 23.7 Å². The van der Waals surface area contributed by atoms with Crippen molar-refractivity contribution in [1.29, 1.82) is 0 Å². The summed E-state index contributed by atoms with van der Waals surface area (Å²) in [5.74, 6) is -2.54. The third kappa shape index (κ3) is 13.7. The van der Waals surface area contributed by atoms with Crippen LogP contribution in [0.1, 0.15) is 53.4 Å². The lowest BCUT2D eigenvalue weighted by atomic mass is 9.96. The van der Waals surface area contributed by atoms with Gasteiger partial charge in [-0.25, -0.2) is 4.79 Å². The van der Waals surface area contributed by atoms with Gasteiger partial charge in [0.1, 0.15) is 18.7 Å². The van der Waals surface area contributed by atoms with Crippen LogP contribution in [0.25, 0.3) is 0 Å². The third-order valence-corrected chi connectivity index (χ3v) is 4.60. The SMILES string of the molecule is CC.COCCOCCOC(=O)NC(CC(C)C)C(=O)NC(CC1=CCCC=C1)C(=O)C(N)=O. The van der Waals surface area contributed by atoms with Crippen LogP contribution < -0.4 is 16.4 Å². The largest absolute Gasteiger partial charge is 0.447 e. The second-order valence-corrected chi connectivity index (χ2v) is 7.82. The van der Waals surface area contributed by atoms with Gasteiger partial charge in [-0.1, -0.05) is 45.9 Å². The first kappa shape index (κ1) is 31.3. The molecule has 0 bridgehead atoms. The van der Waals surface area contributed by atoms with E-state index in [9.17, 15) is 19.2 Å². The van der Waals surface area contributed by atoms with Gasteiger partial charge >= 0.3 is 6.09 Å². The van der Waals surface area contributed by atoms with Crippen LogP contribution in [-0.2, 0) is 28.6 Å². The fraction of sp³-hybridized carbons (Fsp3) is 0.667.